The van der Waals surface area contributed by atoms with Crippen molar-refractivity contribution >= 4 is 60.9 Å². The van der Waals surface area contributed by atoms with Gasteiger partial charge in [0.05, 0.1) is 5.69 Å². The van der Waals surface area contributed by atoms with Crippen molar-refractivity contribution in [1.82, 2.24) is 0 Å². The summed E-state index contributed by atoms with van der Waals surface area (Å²) in [6, 6.07) is 79.0. The summed E-state index contributed by atoms with van der Waals surface area (Å²) < 4.78 is 14.3. The van der Waals surface area contributed by atoms with Gasteiger partial charge in [0, 0.05) is 76.8 Å². The van der Waals surface area contributed by atoms with Gasteiger partial charge >= 0.3 is 0 Å². The first-order valence-electron chi connectivity index (χ1n) is 28.8. The minimum atomic E-state index is -0.408. The summed E-state index contributed by atoms with van der Waals surface area (Å²) in [5, 5.41) is 4.75. The molecule has 0 aliphatic heterocycles. The number of para-hydroxylation sites is 3. The van der Waals surface area contributed by atoms with E-state index in [1.54, 1.807) is 0 Å². The second-order valence-corrected chi connectivity index (χ2v) is 25.4. The molecule has 81 heavy (non-hydrogen) atoms. The van der Waals surface area contributed by atoms with Gasteiger partial charge in [-0.15, -0.1) is 0 Å². The number of hydrogen-bond donors (Lipinski definition) is 0. The molecule has 0 saturated heterocycles. The van der Waals surface area contributed by atoms with E-state index in [1.807, 2.05) is 0 Å². The Hall–Kier alpha value is -9.18. The molecule has 11 aromatic carbocycles. The summed E-state index contributed by atoms with van der Waals surface area (Å²) in [5.74, 6) is 0. The molecule has 13 aromatic rings. The van der Waals surface area contributed by atoms with Gasteiger partial charge in [0.15, 0.2) is 0 Å². The van der Waals surface area contributed by atoms with Crippen LogP contribution in [0.2, 0.25) is 0 Å². The Morgan fingerprint density at radius 1 is 0.296 bits per heavy atom. The Kier molecular flexibility index (Phi) is 9.11. The highest BCUT2D eigenvalue weighted by Crippen LogP contribution is 2.66. The molecule has 3 heteroatoms. The van der Waals surface area contributed by atoms with Crippen molar-refractivity contribution in [2.45, 2.75) is 77.0 Å². The van der Waals surface area contributed by atoms with Gasteiger partial charge in [0.2, 0.25) is 0 Å². The molecule has 0 N–H and O–H groups in total. The molecule has 4 aliphatic rings. The van der Waals surface area contributed by atoms with Crippen LogP contribution in [0.25, 0.3) is 111 Å². The molecule has 0 amide bonds. The van der Waals surface area contributed by atoms with Crippen LogP contribution in [0.3, 0.4) is 0 Å². The van der Waals surface area contributed by atoms with E-state index in [2.05, 4.69) is 273 Å². The van der Waals surface area contributed by atoms with Gasteiger partial charge in [0.25, 0.3) is 0 Å². The lowest BCUT2D eigenvalue weighted by atomic mass is 9.72. The maximum atomic E-state index is 7.18. The fraction of sp³-hybridized carbons (Fsp3) is 0.154. The van der Waals surface area contributed by atoms with Gasteiger partial charge in [-0.2, -0.15) is 0 Å². The lowest BCUT2D eigenvalue weighted by Gasteiger charge is -2.34. The van der Waals surface area contributed by atoms with E-state index in [0.717, 1.165) is 67.0 Å². The fourth-order valence-corrected chi connectivity index (χ4v) is 16.2. The predicted molar refractivity (Wildman–Crippen MR) is 337 cm³/mol. The molecule has 0 spiro atoms. The van der Waals surface area contributed by atoms with Gasteiger partial charge in [0.1, 0.15) is 22.3 Å². The van der Waals surface area contributed by atoms with Crippen molar-refractivity contribution in [1.29, 1.82) is 0 Å². The standard InChI is InChI=1S/C78H59NO2/c1-75(2)56-34-19-15-28-50(56)62-64-54-30-17-21-36-60(54)81-74(64)67-53-41-39-47(43-59(53)78(7,8)71(67)68(62)75)79(72-48(44-24-11-9-12-25-44)32-23-33-49(72)45-26-13-10-14-27-45)46-38-40-52-58(42-46)77(5,6)69-63(52)65-55-31-18-22-37-61(55)80-73(65)66-51-29-16-20-35-57(51)76(3,4)70(66)69/h9-43H,1-8H3. The zero-order chi connectivity index (χ0) is 54.6. The average Bonchev–Trinajstić information content (AvgIpc) is 1.93. The summed E-state index contributed by atoms with van der Waals surface area (Å²) in [6.07, 6.45) is 0. The summed E-state index contributed by atoms with van der Waals surface area (Å²) in [6.45, 7) is 19.6. The van der Waals surface area contributed by atoms with E-state index < -0.39 is 10.8 Å². The van der Waals surface area contributed by atoms with Crippen LogP contribution in [0.15, 0.2) is 221 Å². The molecular formula is C78H59NO2. The van der Waals surface area contributed by atoms with E-state index in [1.165, 1.54) is 105 Å². The number of hydrogen-bond acceptors (Lipinski definition) is 3. The Bertz CT molecular complexity index is 4870. The van der Waals surface area contributed by atoms with Crippen LogP contribution in [-0.4, -0.2) is 0 Å². The van der Waals surface area contributed by atoms with Crippen LogP contribution in [0.4, 0.5) is 17.1 Å². The number of anilines is 3. The number of nitrogens with zero attached hydrogens (tertiary/aromatic N) is 1. The lowest BCUT2D eigenvalue weighted by Crippen LogP contribution is -2.24. The quantitative estimate of drug-likeness (QED) is 0.172. The highest BCUT2D eigenvalue weighted by molar-refractivity contribution is 6.22. The van der Waals surface area contributed by atoms with Gasteiger partial charge < -0.3 is 13.7 Å². The van der Waals surface area contributed by atoms with Crippen LogP contribution in [0.1, 0.15) is 99.9 Å². The fourth-order valence-electron chi connectivity index (χ4n) is 16.2. The predicted octanol–water partition coefficient (Wildman–Crippen LogP) is 21.5. The van der Waals surface area contributed by atoms with Crippen LogP contribution in [0.5, 0.6) is 0 Å². The lowest BCUT2D eigenvalue weighted by molar-refractivity contribution is 0.600. The average molecular weight is 1040 g/mol. The maximum Gasteiger partial charge on any atom is 0.144 e. The minimum absolute atomic E-state index is 0.253. The molecule has 0 atom stereocenters. The largest absolute Gasteiger partial charge is 0.455 e. The van der Waals surface area contributed by atoms with Gasteiger partial charge in [-0.1, -0.05) is 231 Å². The molecule has 0 saturated carbocycles. The first-order chi connectivity index (χ1) is 39.3. The third kappa shape index (κ3) is 5.88. The van der Waals surface area contributed by atoms with E-state index in [4.69, 9.17) is 8.83 Å². The van der Waals surface area contributed by atoms with Crippen molar-refractivity contribution in [3.63, 3.8) is 0 Å². The molecule has 0 bridgehead atoms. The highest BCUT2D eigenvalue weighted by Gasteiger charge is 2.51. The Morgan fingerprint density at radius 3 is 1.11 bits per heavy atom. The molecular weight excluding hydrogens is 983 g/mol. The van der Waals surface area contributed by atoms with Crippen LogP contribution in [-0.2, 0) is 21.7 Å². The molecule has 0 fully saturated rings. The molecule has 0 unspecified atom stereocenters. The van der Waals surface area contributed by atoms with Crippen molar-refractivity contribution < 1.29 is 8.83 Å². The Labute approximate surface area is 472 Å². The van der Waals surface area contributed by atoms with E-state index >= 15 is 0 Å². The van der Waals surface area contributed by atoms with Crippen molar-refractivity contribution in [2.75, 3.05) is 4.90 Å². The zero-order valence-electron chi connectivity index (χ0n) is 47.0. The molecule has 3 nitrogen and oxygen atoms in total. The minimum Gasteiger partial charge on any atom is -0.455 e. The van der Waals surface area contributed by atoms with E-state index in [0.29, 0.717) is 0 Å². The van der Waals surface area contributed by atoms with E-state index in [9.17, 15) is 0 Å². The molecule has 17 rings (SSSR count). The van der Waals surface area contributed by atoms with Crippen LogP contribution in [0, 0.1) is 0 Å². The normalized spacial score (nSPS) is 15.8. The Morgan fingerprint density at radius 2 is 0.642 bits per heavy atom. The van der Waals surface area contributed by atoms with Gasteiger partial charge in [-0.3, -0.25) is 0 Å². The SMILES string of the molecule is CC1(C)c2cc(N(c3ccc4c(c3)C(C)(C)c3c5c(c6oc7ccccc7c6c3-4)-c3ccccc3C5(C)C)c3c(-c4ccccc4)cccc3-c3ccccc3)ccc2-c2c1c1c(c3c2oc2ccccc23)-c2ccccc2C1(C)C. The second-order valence-electron chi connectivity index (χ2n) is 25.4. The van der Waals surface area contributed by atoms with Crippen molar-refractivity contribution in [3.05, 3.63) is 257 Å². The summed E-state index contributed by atoms with van der Waals surface area (Å²) in [5.41, 5.74) is 31.5. The molecule has 0 radical (unpaired) electrons. The highest BCUT2D eigenvalue weighted by atomic mass is 16.3. The first-order valence-corrected chi connectivity index (χ1v) is 28.8. The number of fused-ring (bicyclic) bond motifs is 24. The second kappa shape index (κ2) is 15.8. The number of furan rings is 2. The molecule has 388 valence electrons. The van der Waals surface area contributed by atoms with Gasteiger partial charge in [-0.05, 0) is 125 Å². The Balaban J connectivity index is 0.952. The third-order valence-electron chi connectivity index (χ3n) is 19.7. The van der Waals surface area contributed by atoms with Crippen molar-refractivity contribution in [3.8, 4) is 66.8 Å². The molecule has 2 aromatic heterocycles. The third-order valence-corrected chi connectivity index (χ3v) is 19.7. The van der Waals surface area contributed by atoms with Crippen LogP contribution < -0.4 is 4.90 Å². The molecule has 4 aliphatic carbocycles. The summed E-state index contributed by atoms with van der Waals surface area (Å²) in [4.78, 5) is 2.59. The number of benzene rings is 11. The smallest absolute Gasteiger partial charge is 0.144 e. The maximum absolute atomic E-state index is 7.18. The molecule has 2 heterocycles. The summed E-state index contributed by atoms with van der Waals surface area (Å²) in [7, 11) is 0. The first kappa shape index (κ1) is 46.7. The summed E-state index contributed by atoms with van der Waals surface area (Å²) >= 11 is 0. The van der Waals surface area contributed by atoms with E-state index in [-0.39, 0.29) is 10.8 Å². The van der Waals surface area contributed by atoms with Crippen molar-refractivity contribution in [2.24, 2.45) is 0 Å². The topological polar surface area (TPSA) is 29.5 Å². The monoisotopic (exact) mass is 1040 g/mol. The number of rotatable bonds is 5. The van der Waals surface area contributed by atoms with Gasteiger partial charge in [-0.25, -0.2) is 0 Å². The van der Waals surface area contributed by atoms with Crippen LogP contribution >= 0.6 is 0 Å². The zero-order valence-corrected chi connectivity index (χ0v) is 47.0.